The Morgan fingerprint density at radius 3 is 2.72 bits per heavy atom. The molecule has 0 aromatic carbocycles. The van der Waals surface area contributed by atoms with Crippen LogP contribution < -0.4 is 10.5 Å². The fourth-order valence-electron chi connectivity index (χ4n) is 1.34. The summed E-state index contributed by atoms with van der Waals surface area (Å²) in [6.45, 7) is 4.76. The van der Waals surface area contributed by atoms with Crippen LogP contribution in [-0.2, 0) is 21.3 Å². The zero-order chi connectivity index (χ0) is 13.6. The van der Waals surface area contributed by atoms with E-state index in [0.717, 1.165) is 5.56 Å². The van der Waals surface area contributed by atoms with Crippen molar-refractivity contribution in [2.45, 2.75) is 31.5 Å². The fourth-order valence-corrected chi connectivity index (χ4v) is 2.38. The molecule has 1 aromatic rings. The molecule has 0 aliphatic heterocycles. The van der Waals surface area contributed by atoms with Crippen LogP contribution in [-0.4, -0.2) is 32.7 Å². The second-order valence-corrected chi connectivity index (χ2v) is 5.54. The van der Waals surface area contributed by atoms with Gasteiger partial charge in [0.25, 0.3) is 10.0 Å². The maximum atomic E-state index is 11.9. The largest absolute Gasteiger partial charge is 0.377 e. The standard InChI is InChI=1S/C11H19N3O3S/c1-3-17-9(2)7-14-18(15,16)11-5-4-10(6-12)8-13-11/h4-5,8-9,14H,3,6-7,12H2,1-2H3. The first kappa shape index (κ1) is 15.0. The quantitative estimate of drug-likeness (QED) is 0.742. The summed E-state index contributed by atoms with van der Waals surface area (Å²) in [6.07, 6.45) is 1.29. The number of nitrogens with one attached hydrogen (secondary N) is 1. The molecule has 0 radical (unpaired) electrons. The SMILES string of the molecule is CCOC(C)CNS(=O)(=O)c1ccc(CN)cn1. The van der Waals surface area contributed by atoms with E-state index in [-0.39, 0.29) is 17.7 Å². The number of nitrogens with two attached hydrogens (primary N) is 1. The van der Waals surface area contributed by atoms with Crippen molar-refractivity contribution < 1.29 is 13.2 Å². The Morgan fingerprint density at radius 2 is 2.22 bits per heavy atom. The molecule has 1 aromatic heterocycles. The second-order valence-electron chi connectivity index (χ2n) is 3.83. The number of aromatic nitrogens is 1. The first-order valence-electron chi connectivity index (χ1n) is 5.76. The number of pyridine rings is 1. The molecule has 0 spiro atoms. The van der Waals surface area contributed by atoms with E-state index in [1.165, 1.54) is 12.3 Å². The molecule has 0 fully saturated rings. The summed E-state index contributed by atoms with van der Waals surface area (Å²) in [5, 5.41) is -0.0107. The molecule has 0 bridgehead atoms. The lowest BCUT2D eigenvalue weighted by molar-refractivity contribution is 0.0799. The summed E-state index contributed by atoms with van der Waals surface area (Å²) >= 11 is 0. The van der Waals surface area contributed by atoms with Gasteiger partial charge < -0.3 is 10.5 Å². The molecule has 0 aliphatic carbocycles. The van der Waals surface area contributed by atoms with Crippen molar-refractivity contribution in [3.63, 3.8) is 0 Å². The number of hydrogen-bond donors (Lipinski definition) is 2. The van der Waals surface area contributed by atoms with E-state index in [0.29, 0.717) is 13.2 Å². The first-order valence-corrected chi connectivity index (χ1v) is 7.24. The van der Waals surface area contributed by atoms with Gasteiger partial charge in [-0.25, -0.2) is 18.1 Å². The van der Waals surface area contributed by atoms with E-state index < -0.39 is 10.0 Å². The number of ether oxygens (including phenoxy) is 1. The highest BCUT2D eigenvalue weighted by Gasteiger charge is 2.16. The van der Waals surface area contributed by atoms with Crippen LogP contribution in [0.4, 0.5) is 0 Å². The summed E-state index contributed by atoms with van der Waals surface area (Å²) < 4.78 is 31.5. The molecule has 7 heteroatoms. The molecule has 6 nitrogen and oxygen atoms in total. The van der Waals surface area contributed by atoms with Gasteiger partial charge in [0.2, 0.25) is 0 Å². The van der Waals surface area contributed by atoms with Crippen LogP contribution >= 0.6 is 0 Å². The monoisotopic (exact) mass is 273 g/mol. The van der Waals surface area contributed by atoms with E-state index in [9.17, 15) is 8.42 Å². The molecule has 102 valence electrons. The highest BCUT2D eigenvalue weighted by molar-refractivity contribution is 7.89. The van der Waals surface area contributed by atoms with E-state index in [4.69, 9.17) is 10.5 Å². The van der Waals surface area contributed by atoms with Gasteiger partial charge in [-0.2, -0.15) is 0 Å². The Bertz CT molecular complexity index is 459. The third-order valence-corrected chi connectivity index (χ3v) is 3.66. The van der Waals surface area contributed by atoms with Crippen LogP contribution in [0.3, 0.4) is 0 Å². The van der Waals surface area contributed by atoms with Crippen molar-refractivity contribution in [3.05, 3.63) is 23.9 Å². The fraction of sp³-hybridized carbons (Fsp3) is 0.545. The molecule has 1 rings (SSSR count). The smallest absolute Gasteiger partial charge is 0.258 e. The maximum absolute atomic E-state index is 11.9. The number of nitrogens with zero attached hydrogens (tertiary/aromatic N) is 1. The second kappa shape index (κ2) is 6.79. The highest BCUT2D eigenvalue weighted by atomic mass is 32.2. The number of rotatable bonds is 7. The third-order valence-electron chi connectivity index (χ3n) is 2.32. The van der Waals surface area contributed by atoms with Gasteiger partial charge in [-0.1, -0.05) is 6.07 Å². The molecule has 1 heterocycles. The highest BCUT2D eigenvalue weighted by Crippen LogP contribution is 2.06. The summed E-state index contributed by atoms with van der Waals surface area (Å²) in [7, 11) is -3.58. The Balaban J connectivity index is 2.67. The molecular weight excluding hydrogens is 254 g/mol. The van der Waals surface area contributed by atoms with Crippen molar-refractivity contribution in [1.29, 1.82) is 0 Å². The van der Waals surface area contributed by atoms with Gasteiger partial charge in [-0.15, -0.1) is 0 Å². The van der Waals surface area contributed by atoms with Crippen LogP contribution in [0.1, 0.15) is 19.4 Å². The van der Waals surface area contributed by atoms with Gasteiger partial charge in [0.15, 0.2) is 5.03 Å². The van der Waals surface area contributed by atoms with Crippen molar-refractivity contribution in [2.24, 2.45) is 5.73 Å². The predicted octanol–water partition coefficient (Wildman–Crippen LogP) is 0.244. The Hall–Kier alpha value is -1.02. The van der Waals surface area contributed by atoms with Gasteiger partial charge in [-0.05, 0) is 25.5 Å². The normalized spacial score (nSPS) is 13.5. The van der Waals surface area contributed by atoms with Crippen molar-refractivity contribution >= 4 is 10.0 Å². The summed E-state index contributed by atoms with van der Waals surface area (Å²) in [4.78, 5) is 3.87. The lowest BCUT2D eigenvalue weighted by Gasteiger charge is -2.12. The predicted molar refractivity (Wildman–Crippen MR) is 68.4 cm³/mol. The molecule has 1 unspecified atom stereocenters. The molecule has 0 aliphatic rings. The van der Waals surface area contributed by atoms with Crippen LogP contribution in [0.2, 0.25) is 0 Å². The van der Waals surface area contributed by atoms with E-state index in [2.05, 4.69) is 9.71 Å². The van der Waals surface area contributed by atoms with Crippen LogP contribution in [0.25, 0.3) is 0 Å². The van der Waals surface area contributed by atoms with E-state index in [1.54, 1.807) is 13.0 Å². The minimum atomic E-state index is -3.58. The minimum Gasteiger partial charge on any atom is -0.377 e. The number of hydrogen-bond acceptors (Lipinski definition) is 5. The topological polar surface area (TPSA) is 94.3 Å². The number of sulfonamides is 1. The van der Waals surface area contributed by atoms with Gasteiger partial charge in [-0.3, -0.25) is 0 Å². The van der Waals surface area contributed by atoms with E-state index in [1.807, 2.05) is 6.92 Å². The maximum Gasteiger partial charge on any atom is 0.258 e. The molecule has 1 atom stereocenters. The lowest BCUT2D eigenvalue weighted by Crippen LogP contribution is -2.32. The van der Waals surface area contributed by atoms with Crippen LogP contribution in [0.5, 0.6) is 0 Å². The van der Waals surface area contributed by atoms with Crippen molar-refractivity contribution in [1.82, 2.24) is 9.71 Å². The Kier molecular flexibility index (Phi) is 5.67. The Labute approximate surface area is 108 Å². The Morgan fingerprint density at radius 1 is 1.50 bits per heavy atom. The van der Waals surface area contributed by atoms with Gasteiger partial charge >= 0.3 is 0 Å². The zero-order valence-corrected chi connectivity index (χ0v) is 11.4. The lowest BCUT2D eigenvalue weighted by atomic mass is 10.3. The summed E-state index contributed by atoms with van der Waals surface area (Å²) in [6, 6.07) is 3.09. The molecular formula is C11H19N3O3S. The zero-order valence-electron chi connectivity index (χ0n) is 10.6. The average Bonchev–Trinajstić information content (AvgIpc) is 2.37. The molecule has 0 amide bonds. The average molecular weight is 273 g/mol. The van der Waals surface area contributed by atoms with Crippen LogP contribution in [0, 0.1) is 0 Å². The molecule has 0 saturated heterocycles. The molecule has 3 N–H and O–H groups in total. The minimum absolute atomic E-state index is 0.0107. The van der Waals surface area contributed by atoms with Crippen molar-refractivity contribution in [3.8, 4) is 0 Å². The first-order chi connectivity index (χ1) is 8.49. The molecule has 0 saturated carbocycles. The van der Waals surface area contributed by atoms with Gasteiger partial charge in [0.1, 0.15) is 0 Å². The summed E-state index contributed by atoms with van der Waals surface area (Å²) in [5.74, 6) is 0. The van der Waals surface area contributed by atoms with Crippen molar-refractivity contribution in [2.75, 3.05) is 13.2 Å². The van der Waals surface area contributed by atoms with Crippen LogP contribution in [0.15, 0.2) is 23.4 Å². The van der Waals surface area contributed by atoms with Gasteiger partial charge in [0.05, 0.1) is 6.10 Å². The molecule has 18 heavy (non-hydrogen) atoms. The van der Waals surface area contributed by atoms with E-state index >= 15 is 0 Å². The third kappa shape index (κ3) is 4.34. The summed E-state index contributed by atoms with van der Waals surface area (Å²) in [5.41, 5.74) is 6.21. The van der Waals surface area contributed by atoms with Gasteiger partial charge in [0, 0.05) is 25.9 Å².